The van der Waals surface area contributed by atoms with Gasteiger partial charge in [-0.1, -0.05) is 23.7 Å². The molecule has 0 saturated heterocycles. The predicted octanol–water partition coefficient (Wildman–Crippen LogP) is 2.10. The zero-order valence-electron chi connectivity index (χ0n) is 12.7. The van der Waals surface area contributed by atoms with Gasteiger partial charge in [-0.15, -0.1) is 0 Å². The summed E-state index contributed by atoms with van der Waals surface area (Å²) < 4.78 is 1.65. The first kappa shape index (κ1) is 15.9. The monoisotopic (exact) mass is 343 g/mol. The van der Waals surface area contributed by atoms with Gasteiger partial charge in [-0.3, -0.25) is 9.59 Å². The zero-order chi connectivity index (χ0) is 17.1. The molecule has 2 aromatic heterocycles. The molecule has 2 heterocycles. The molecule has 122 valence electrons. The molecule has 3 aromatic rings. The number of hydrogen-bond acceptors (Lipinski definition) is 4. The van der Waals surface area contributed by atoms with Crippen molar-refractivity contribution in [3.05, 3.63) is 75.7 Å². The summed E-state index contributed by atoms with van der Waals surface area (Å²) in [6.45, 7) is 1.87. The van der Waals surface area contributed by atoms with E-state index >= 15 is 0 Å². The van der Waals surface area contributed by atoms with Crippen molar-refractivity contribution in [2.45, 2.75) is 13.0 Å². The molecule has 0 bridgehead atoms. The Bertz CT molecular complexity index is 903. The van der Waals surface area contributed by atoms with E-state index in [1.807, 2.05) is 31.2 Å². The van der Waals surface area contributed by atoms with Crippen LogP contribution in [-0.4, -0.2) is 25.7 Å². The molecule has 8 heteroatoms. The fourth-order valence-corrected chi connectivity index (χ4v) is 2.38. The van der Waals surface area contributed by atoms with Crippen molar-refractivity contribution < 1.29 is 4.79 Å². The first-order valence-corrected chi connectivity index (χ1v) is 7.56. The van der Waals surface area contributed by atoms with Crippen molar-refractivity contribution in [1.29, 1.82) is 0 Å². The number of halogens is 1. The summed E-state index contributed by atoms with van der Waals surface area (Å²) in [5.74, 6) is -0.319. The second-order valence-electron chi connectivity index (χ2n) is 5.19. The van der Waals surface area contributed by atoms with Crippen LogP contribution in [0.25, 0.3) is 5.69 Å². The molecule has 0 fully saturated rings. The average Bonchev–Trinajstić information content (AvgIpc) is 3.12. The van der Waals surface area contributed by atoms with Crippen LogP contribution < -0.4 is 10.9 Å². The highest BCUT2D eigenvalue weighted by Crippen LogP contribution is 2.16. The van der Waals surface area contributed by atoms with Crippen LogP contribution in [0, 0.1) is 0 Å². The quantitative estimate of drug-likeness (QED) is 0.758. The molecule has 0 radical (unpaired) electrons. The molecule has 1 amide bonds. The van der Waals surface area contributed by atoms with E-state index in [9.17, 15) is 9.59 Å². The number of amides is 1. The first-order valence-electron chi connectivity index (χ1n) is 7.18. The van der Waals surface area contributed by atoms with Gasteiger partial charge in [-0.25, -0.2) is 9.67 Å². The van der Waals surface area contributed by atoms with Crippen LogP contribution in [0.1, 0.15) is 28.9 Å². The predicted molar refractivity (Wildman–Crippen MR) is 89.3 cm³/mol. The third-order valence-electron chi connectivity index (χ3n) is 3.54. The van der Waals surface area contributed by atoms with Gasteiger partial charge >= 0.3 is 0 Å². The van der Waals surface area contributed by atoms with Gasteiger partial charge in [0.25, 0.3) is 11.5 Å². The molecular weight excluding hydrogens is 330 g/mol. The maximum atomic E-state index is 12.2. The standard InChI is InChI=1S/C16H14ClN5O2/c1-10(21-15(23)12-6-14(17)16(24)19-7-12)11-2-4-13(5-3-11)22-9-18-8-20-22/h2-10H,1H3,(H,19,24)(H,21,23)/t10-/m1/s1. The average molecular weight is 344 g/mol. The van der Waals surface area contributed by atoms with Crippen molar-refractivity contribution in [2.24, 2.45) is 0 Å². The van der Waals surface area contributed by atoms with Crippen LogP contribution in [0.4, 0.5) is 0 Å². The Morgan fingerprint density at radius 1 is 1.33 bits per heavy atom. The van der Waals surface area contributed by atoms with Gasteiger partial charge in [-0.05, 0) is 30.7 Å². The molecular formula is C16H14ClN5O2. The van der Waals surface area contributed by atoms with E-state index in [1.165, 1.54) is 18.6 Å². The summed E-state index contributed by atoms with van der Waals surface area (Å²) in [5.41, 5.74) is 1.68. The smallest absolute Gasteiger partial charge is 0.266 e. The molecule has 0 aliphatic heterocycles. The molecule has 24 heavy (non-hydrogen) atoms. The molecule has 1 atom stereocenters. The number of nitrogens with zero attached hydrogens (tertiary/aromatic N) is 3. The van der Waals surface area contributed by atoms with Crippen molar-refractivity contribution in [1.82, 2.24) is 25.1 Å². The topological polar surface area (TPSA) is 92.7 Å². The largest absolute Gasteiger partial charge is 0.345 e. The van der Waals surface area contributed by atoms with Crippen LogP contribution >= 0.6 is 11.6 Å². The Labute approximate surface area is 142 Å². The number of carbonyl (C=O) groups is 1. The molecule has 3 rings (SSSR count). The lowest BCUT2D eigenvalue weighted by molar-refractivity contribution is 0.0939. The molecule has 0 spiro atoms. The minimum Gasteiger partial charge on any atom is -0.345 e. The van der Waals surface area contributed by atoms with Gasteiger partial charge < -0.3 is 10.3 Å². The summed E-state index contributed by atoms with van der Waals surface area (Å²) in [4.78, 5) is 29.8. The van der Waals surface area contributed by atoms with E-state index in [1.54, 1.807) is 11.0 Å². The van der Waals surface area contributed by atoms with E-state index in [2.05, 4.69) is 20.4 Å². The van der Waals surface area contributed by atoms with E-state index in [0.717, 1.165) is 11.3 Å². The van der Waals surface area contributed by atoms with Crippen molar-refractivity contribution in [3.8, 4) is 5.69 Å². The lowest BCUT2D eigenvalue weighted by Gasteiger charge is -2.15. The molecule has 0 unspecified atom stereocenters. The number of hydrogen-bond donors (Lipinski definition) is 2. The van der Waals surface area contributed by atoms with E-state index in [-0.39, 0.29) is 17.0 Å². The lowest BCUT2D eigenvalue weighted by Crippen LogP contribution is -2.27. The minimum absolute atomic E-state index is 0.0208. The van der Waals surface area contributed by atoms with Crippen LogP contribution in [-0.2, 0) is 0 Å². The maximum absolute atomic E-state index is 12.2. The molecule has 0 aliphatic rings. The van der Waals surface area contributed by atoms with Gasteiger partial charge in [0.05, 0.1) is 17.3 Å². The minimum atomic E-state index is -0.426. The zero-order valence-corrected chi connectivity index (χ0v) is 13.5. The van der Waals surface area contributed by atoms with Crippen LogP contribution in [0.5, 0.6) is 0 Å². The maximum Gasteiger partial charge on any atom is 0.266 e. The summed E-state index contributed by atoms with van der Waals surface area (Å²) in [5, 5.41) is 6.90. The van der Waals surface area contributed by atoms with Gasteiger partial charge in [0.2, 0.25) is 0 Å². The Hall–Kier alpha value is -2.93. The van der Waals surface area contributed by atoms with Crippen molar-refractivity contribution in [3.63, 3.8) is 0 Å². The number of rotatable bonds is 4. The van der Waals surface area contributed by atoms with E-state index in [0.29, 0.717) is 5.56 Å². The summed E-state index contributed by atoms with van der Waals surface area (Å²) in [6, 6.07) is 8.72. The molecule has 1 aromatic carbocycles. The summed E-state index contributed by atoms with van der Waals surface area (Å²) in [6.07, 6.45) is 4.41. The molecule has 0 saturated carbocycles. The third-order valence-corrected chi connectivity index (χ3v) is 3.82. The Morgan fingerprint density at radius 2 is 2.08 bits per heavy atom. The number of aromatic amines is 1. The summed E-state index contributed by atoms with van der Waals surface area (Å²) in [7, 11) is 0. The number of aromatic nitrogens is 4. The Morgan fingerprint density at radius 3 is 2.71 bits per heavy atom. The highest BCUT2D eigenvalue weighted by Gasteiger charge is 2.13. The Balaban J connectivity index is 1.72. The highest BCUT2D eigenvalue weighted by atomic mass is 35.5. The van der Waals surface area contributed by atoms with Crippen LogP contribution in [0.3, 0.4) is 0 Å². The number of benzene rings is 1. The normalized spacial score (nSPS) is 11.9. The fourth-order valence-electron chi connectivity index (χ4n) is 2.21. The molecule has 7 nitrogen and oxygen atoms in total. The van der Waals surface area contributed by atoms with Crippen LogP contribution in [0.15, 0.2) is 54.0 Å². The first-order chi connectivity index (χ1) is 11.5. The second-order valence-corrected chi connectivity index (χ2v) is 5.60. The van der Waals surface area contributed by atoms with Crippen LogP contribution in [0.2, 0.25) is 5.02 Å². The fraction of sp³-hybridized carbons (Fsp3) is 0.125. The van der Waals surface area contributed by atoms with E-state index in [4.69, 9.17) is 11.6 Å². The molecule has 0 aliphatic carbocycles. The third kappa shape index (κ3) is 3.36. The Kier molecular flexibility index (Phi) is 4.43. The number of nitrogens with one attached hydrogen (secondary N) is 2. The number of H-pyrrole nitrogens is 1. The van der Waals surface area contributed by atoms with Crippen molar-refractivity contribution in [2.75, 3.05) is 0 Å². The number of carbonyl (C=O) groups excluding carboxylic acids is 1. The van der Waals surface area contributed by atoms with Gasteiger partial charge in [0.1, 0.15) is 17.7 Å². The second kappa shape index (κ2) is 6.67. The van der Waals surface area contributed by atoms with Crippen molar-refractivity contribution >= 4 is 17.5 Å². The summed E-state index contributed by atoms with van der Waals surface area (Å²) >= 11 is 5.74. The van der Waals surface area contributed by atoms with Gasteiger partial charge in [0.15, 0.2) is 0 Å². The van der Waals surface area contributed by atoms with Gasteiger partial charge in [-0.2, -0.15) is 5.10 Å². The number of pyridine rings is 1. The SMILES string of the molecule is C[C@@H](NC(=O)c1c[nH]c(=O)c(Cl)c1)c1ccc(-n2cncn2)cc1. The lowest BCUT2D eigenvalue weighted by atomic mass is 10.1. The molecule has 2 N–H and O–H groups in total. The van der Waals surface area contributed by atoms with E-state index < -0.39 is 5.56 Å². The highest BCUT2D eigenvalue weighted by molar-refractivity contribution is 6.30. The van der Waals surface area contributed by atoms with Gasteiger partial charge in [0, 0.05) is 6.20 Å².